The van der Waals surface area contributed by atoms with Gasteiger partial charge in [-0.15, -0.1) is 0 Å². The van der Waals surface area contributed by atoms with Crippen molar-refractivity contribution in [1.82, 2.24) is 4.90 Å². The lowest BCUT2D eigenvalue weighted by atomic mass is 9.84. The van der Waals surface area contributed by atoms with Crippen molar-refractivity contribution >= 4 is 0 Å². The number of halogens is 1. The molecule has 1 aliphatic rings. The fraction of sp³-hybridized carbons (Fsp3) is 0.625. The molecular formula is C16H25FN2. The number of hydrogen-bond donors (Lipinski definition) is 1. The highest BCUT2D eigenvalue weighted by molar-refractivity contribution is 5.19. The smallest absolute Gasteiger partial charge is 0.126 e. The van der Waals surface area contributed by atoms with Crippen LogP contribution in [0.4, 0.5) is 4.39 Å². The molecule has 0 aliphatic carbocycles. The lowest BCUT2D eigenvalue weighted by molar-refractivity contribution is 0.0995. The summed E-state index contributed by atoms with van der Waals surface area (Å²) in [5.41, 5.74) is 7.14. The van der Waals surface area contributed by atoms with Crippen LogP contribution in [-0.2, 0) is 6.42 Å². The summed E-state index contributed by atoms with van der Waals surface area (Å²) in [6.07, 6.45) is 4.11. The van der Waals surface area contributed by atoms with Crippen LogP contribution in [0.2, 0.25) is 0 Å². The summed E-state index contributed by atoms with van der Waals surface area (Å²) in [5.74, 6) is -0.141. The van der Waals surface area contributed by atoms with Crippen LogP contribution in [0.5, 0.6) is 0 Å². The SMILES string of the molecule is CCC(C)(C(N)Cc1ccccc1F)N1CCCC1. The topological polar surface area (TPSA) is 29.3 Å². The standard InChI is InChI=1S/C16H25FN2/c1-3-16(2,19-10-6-7-11-19)15(18)12-13-8-4-5-9-14(13)17/h4-5,8-9,15H,3,6-7,10-12,18H2,1-2H3. The molecule has 0 amide bonds. The summed E-state index contributed by atoms with van der Waals surface area (Å²) in [7, 11) is 0. The number of likely N-dealkylation sites (tertiary alicyclic amines) is 1. The maximum absolute atomic E-state index is 13.8. The molecule has 1 heterocycles. The van der Waals surface area contributed by atoms with Crippen molar-refractivity contribution < 1.29 is 4.39 Å². The highest BCUT2D eigenvalue weighted by Gasteiger charge is 2.37. The summed E-state index contributed by atoms with van der Waals surface area (Å²) >= 11 is 0. The Morgan fingerprint density at radius 1 is 1.32 bits per heavy atom. The van der Waals surface area contributed by atoms with Gasteiger partial charge >= 0.3 is 0 Å². The Labute approximate surface area is 115 Å². The zero-order valence-electron chi connectivity index (χ0n) is 12.0. The van der Waals surface area contributed by atoms with E-state index < -0.39 is 0 Å². The maximum Gasteiger partial charge on any atom is 0.126 e. The Bertz CT molecular complexity index is 415. The van der Waals surface area contributed by atoms with Gasteiger partial charge in [-0.2, -0.15) is 0 Å². The second-order valence-electron chi connectivity index (χ2n) is 5.81. The molecule has 1 aliphatic heterocycles. The molecule has 0 radical (unpaired) electrons. The van der Waals surface area contributed by atoms with E-state index in [2.05, 4.69) is 18.7 Å². The lowest BCUT2D eigenvalue weighted by Crippen LogP contribution is -2.57. The van der Waals surface area contributed by atoms with Gasteiger partial charge in [0.25, 0.3) is 0 Å². The first-order chi connectivity index (χ1) is 9.08. The lowest BCUT2D eigenvalue weighted by Gasteiger charge is -2.43. The third-order valence-electron chi connectivity index (χ3n) is 4.74. The van der Waals surface area contributed by atoms with Crippen molar-refractivity contribution in [3.8, 4) is 0 Å². The zero-order valence-corrected chi connectivity index (χ0v) is 12.0. The van der Waals surface area contributed by atoms with E-state index in [9.17, 15) is 4.39 Å². The molecule has 0 bridgehead atoms. The van der Waals surface area contributed by atoms with E-state index >= 15 is 0 Å². The second-order valence-corrected chi connectivity index (χ2v) is 5.81. The number of nitrogens with zero attached hydrogens (tertiary/aromatic N) is 1. The highest BCUT2D eigenvalue weighted by atomic mass is 19.1. The summed E-state index contributed by atoms with van der Waals surface area (Å²) in [6.45, 7) is 6.65. The average Bonchev–Trinajstić information content (AvgIpc) is 2.95. The zero-order chi connectivity index (χ0) is 13.9. The van der Waals surface area contributed by atoms with Gasteiger partial charge in [0.1, 0.15) is 5.82 Å². The highest BCUT2D eigenvalue weighted by Crippen LogP contribution is 2.29. The van der Waals surface area contributed by atoms with Crippen molar-refractivity contribution in [2.24, 2.45) is 5.73 Å². The molecule has 1 fully saturated rings. The maximum atomic E-state index is 13.8. The monoisotopic (exact) mass is 264 g/mol. The van der Waals surface area contributed by atoms with E-state index in [0.29, 0.717) is 6.42 Å². The fourth-order valence-electron chi connectivity index (χ4n) is 3.07. The molecule has 0 spiro atoms. The van der Waals surface area contributed by atoms with Crippen LogP contribution in [0, 0.1) is 5.82 Å². The molecule has 3 heteroatoms. The molecule has 2 rings (SSSR count). The van der Waals surface area contributed by atoms with Crippen LogP contribution in [0.1, 0.15) is 38.7 Å². The van der Waals surface area contributed by atoms with Gasteiger partial charge in [-0.25, -0.2) is 4.39 Å². The molecule has 2 unspecified atom stereocenters. The molecule has 0 saturated carbocycles. The minimum Gasteiger partial charge on any atom is -0.326 e. The van der Waals surface area contributed by atoms with Gasteiger partial charge in [0.15, 0.2) is 0 Å². The van der Waals surface area contributed by atoms with E-state index in [-0.39, 0.29) is 17.4 Å². The van der Waals surface area contributed by atoms with E-state index in [4.69, 9.17) is 5.73 Å². The molecule has 0 aromatic heterocycles. The molecule has 2 atom stereocenters. The third kappa shape index (κ3) is 2.98. The van der Waals surface area contributed by atoms with Gasteiger partial charge in [0, 0.05) is 11.6 Å². The van der Waals surface area contributed by atoms with Crippen LogP contribution in [0.15, 0.2) is 24.3 Å². The van der Waals surface area contributed by atoms with Crippen LogP contribution < -0.4 is 5.73 Å². The molecule has 1 aromatic rings. The summed E-state index contributed by atoms with van der Waals surface area (Å²) in [4.78, 5) is 2.48. The summed E-state index contributed by atoms with van der Waals surface area (Å²) in [6, 6.07) is 6.93. The Morgan fingerprint density at radius 3 is 2.53 bits per heavy atom. The van der Waals surface area contributed by atoms with Crippen LogP contribution in [0.25, 0.3) is 0 Å². The first-order valence-corrected chi connectivity index (χ1v) is 7.32. The fourth-order valence-corrected chi connectivity index (χ4v) is 3.07. The van der Waals surface area contributed by atoms with Crippen molar-refractivity contribution in [2.75, 3.05) is 13.1 Å². The van der Waals surface area contributed by atoms with Gasteiger partial charge in [-0.3, -0.25) is 4.90 Å². The summed E-state index contributed by atoms with van der Waals surface area (Å²) in [5, 5.41) is 0. The van der Waals surface area contributed by atoms with Crippen LogP contribution in [0.3, 0.4) is 0 Å². The number of benzene rings is 1. The van der Waals surface area contributed by atoms with E-state index in [1.165, 1.54) is 18.9 Å². The Morgan fingerprint density at radius 2 is 1.95 bits per heavy atom. The van der Waals surface area contributed by atoms with Crippen molar-refractivity contribution in [3.05, 3.63) is 35.6 Å². The molecule has 106 valence electrons. The number of hydrogen-bond acceptors (Lipinski definition) is 2. The Balaban J connectivity index is 2.12. The van der Waals surface area contributed by atoms with E-state index in [1.54, 1.807) is 6.07 Å². The van der Waals surface area contributed by atoms with Crippen molar-refractivity contribution in [3.63, 3.8) is 0 Å². The van der Waals surface area contributed by atoms with Crippen LogP contribution >= 0.6 is 0 Å². The molecule has 2 N–H and O–H groups in total. The predicted octanol–water partition coefficient (Wildman–Crippen LogP) is 2.96. The minimum absolute atomic E-state index is 0.0290. The molecule has 1 aromatic carbocycles. The second kappa shape index (κ2) is 6.02. The van der Waals surface area contributed by atoms with Gasteiger partial charge in [0.05, 0.1) is 0 Å². The molecule has 2 nitrogen and oxygen atoms in total. The first-order valence-electron chi connectivity index (χ1n) is 7.32. The predicted molar refractivity (Wildman–Crippen MR) is 77.6 cm³/mol. The molecule has 1 saturated heterocycles. The normalized spacial score (nSPS) is 21.3. The minimum atomic E-state index is -0.141. The van der Waals surface area contributed by atoms with Gasteiger partial charge in [-0.05, 0) is 57.3 Å². The first kappa shape index (κ1) is 14.5. The van der Waals surface area contributed by atoms with E-state index in [1.807, 2.05) is 12.1 Å². The largest absolute Gasteiger partial charge is 0.326 e. The van der Waals surface area contributed by atoms with Crippen molar-refractivity contribution in [2.45, 2.75) is 51.1 Å². The van der Waals surface area contributed by atoms with Gasteiger partial charge in [-0.1, -0.05) is 25.1 Å². The molecular weight excluding hydrogens is 239 g/mol. The quantitative estimate of drug-likeness (QED) is 0.886. The summed E-state index contributed by atoms with van der Waals surface area (Å²) < 4.78 is 13.8. The Hall–Kier alpha value is -0.930. The number of rotatable bonds is 5. The average molecular weight is 264 g/mol. The van der Waals surface area contributed by atoms with Gasteiger partial charge in [0.2, 0.25) is 0 Å². The number of nitrogens with two attached hydrogens (primary N) is 1. The Kier molecular flexibility index (Phi) is 4.58. The van der Waals surface area contributed by atoms with Gasteiger partial charge < -0.3 is 5.73 Å². The van der Waals surface area contributed by atoms with Crippen molar-refractivity contribution in [1.29, 1.82) is 0 Å². The van der Waals surface area contributed by atoms with Crippen LogP contribution in [-0.4, -0.2) is 29.6 Å². The van der Waals surface area contributed by atoms with E-state index in [0.717, 1.165) is 25.1 Å². The molecule has 19 heavy (non-hydrogen) atoms. The third-order valence-corrected chi connectivity index (χ3v) is 4.74.